The van der Waals surface area contributed by atoms with Crippen molar-refractivity contribution in [3.8, 4) is 11.1 Å². The van der Waals surface area contributed by atoms with Crippen LogP contribution in [0.3, 0.4) is 0 Å². The van der Waals surface area contributed by atoms with Crippen molar-refractivity contribution in [3.05, 3.63) is 93.0 Å². The van der Waals surface area contributed by atoms with Gasteiger partial charge in [0.1, 0.15) is 11.5 Å². The minimum Gasteiger partial charge on any atom is -0.324 e. The van der Waals surface area contributed by atoms with E-state index in [0.717, 1.165) is 37.1 Å². The van der Waals surface area contributed by atoms with Gasteiger partial charge in [-0.05, 0) is 101 Å². The molecule has 222 valence electrons. The number of pyridine rings is 1. The molecule has 10 heteroatoms. The normalized spacial score (nSPS) is 18.0. The first-order valence-corrected chi connectivity index (χ1v) is 15.0. The number of nitrogens with one attached hydrogen (secondary N) is 1. The van der Waals surface area contributed by atoms with Gasteiger partial charge >= 0.3 is 0 Å². The van der Waals surface area contributed by atoms with Crippen molar-refractivity contribution in [2.24, 2.45) is 4.99 Å². The first kappa shape index (κ1) is 29.1. The molecule has 2 aliphatic rings. The van der Waals surface area contributed by atoms with Gasteiger partial charge in [0.05, 0.1) is 0 Å². The highest BCUT2D eigenvalue weighted by Gasteiger charge is 2.23. The molecule has 7 nitrogen and oxygen atoms in total. The summed E-state index contributed by atoms with van der Waals surface area (Å²) in [5, 5.41) is 4.19. The van der Waals surface area contributed by atoms with E-state index < -0.39 is 5.95 Å². The van der Waals surface area contributed by atoms with E-state index in [1.165, 1.54) is 12.1 Å². The highest BCUT2D eigenvalue weighted by molar-refractivity contribution is 6.33. The molecule has 6 rings (SSSR count). The second-order valence-electron chi connectivity index (χ2n) is 11.3. The van der Waals surface area contributed by atoms with Crippen LogP contribution < -0.4 is 10.9 Å². The summed E-state index contributed by atoms with van der Waals surface area (Å²) in [7, 11) is 2.09. The Hall–Kier alpha value is -3.95. The van der Waals surface area contributed by atoms with Crippen LogP contribution in [0.1, 0.15) is 56.1 Å². The molecule has 0 saturated carbocycles. The third-order valence-corrected chi connectivity index (χ3v) is 8.87. The lowest BCUT2D eigenvalue weighted by Crippen LogP contribution is -2.29. The molecule has 0 spiro atoms. The van der Waals surface area contributed by atoms with E-state index in [1.807, 2.05) is 37.3 Å². The highest BCUT2D eigenvalue weighted by Crippen LogP contribution is 2.35. The first-order chi connectivity index (χ1) is 20.7. The maximum Gasteiger partial charge on any atom is 0.260 e. The SMILES string of the molecule is CCn1c(=O)c(-c2ccc(C3CC=C(F)N=C3C)cc2Cl)cc2cnc(Nc3ccc(C4CCN(C)CC4)c(F)c3)nc21. The number of piperidine rings is 1. The predicted octanol–water partition coefficient (Wildman–Crippen LogP) is 7.58. The molecule has 1 unspecified atom stereocenters. The zero-order valence-electron chi connectivity index (χ0n) is 24.4. The van der Waals surface area contributed by atoms with Crippen LogP contribution in [0.15, 0.2) is 70.5 Å². The number of hydrogen-bond acceptors (Lipinski definition) is 6. The zero-order valence-corrected chi connectivity index (χ0v) is 25.1. The number of likely N-dealkylation sites (tertiary alicyclic amines) is 1. The van der Waals surface area contributed by atoms with Crippen LogP contribution in [-0.2, 0) is 6.54 Å². The van der Waals surface area contributed by atoms with Crippen LogP contribution in [0, 0.1) is 5.82 Å². The van der Waals surface area contributed by atoms with Crippen LogP contribution in [0.5, 0.6) is 0 Å². The Morgan fingerprint density at radius 3 is 2.56 bits per heavy atom. The molecule has 1 atom stereocenters. The zero-order chi connectivity index (χ0) is 30.2. The summed E-state index contributed by atoms with van der Waals surface area (Å²) in [6, 6.07) is 12.5. The molecule has 0 bridgehead atoms. The van der Waals surface area contributed by atoms with Crippen molar-refractivity contribution in [1.29, 1.82) is 0 Å². The molecule has 0 radical (unpaired) electrons. The minimum atomic E-state index is -0.471. The smallest absolute Gasteiger partial charge is 0.260 e. The van der Waals surface area contributed by atoms with Crippen LogP contribution in [0.4, 0.5) is 20.4 Å². The molecule has 4 aromatic rings. The van der Waals surface area contributed by atoms with Crippen molar-refractivity contribution in [2.45, 2.75) is 51.5 Å². The third kappa shape index (κ3) is 5.84. The number of anilines is 2. The molecule has 2 aromatic heterocycles. The predicted molar refractivity (Wildman–Crippen MR) is 169 cm³/mol. The fraction of sp³-hybridized carbons (Fsp3) is 0.333. The van der Waals surface area contributed by atoms with Gasteiger partial charge in [-0.2, -0.15) is 9.37 Å². The van der Waals surface area contributed by atoms with Gasteiger partial charge in [0, 0.05) is 51.6 Å². The van der Waals surface area contributed by atoms with Crippen molar-refractivity contribution in [1.82, 2.24) is 19.4 Å². The highest BCUT2D eigenvalue weighted by atomic mass is 35.5. The molecule has 1 fully saturated rings. The molecule has 2 aromatic carbocycles. The van der Waals surface area contributed by atoms with E-state index in [2.05, 4.69) is 32.2 Å². The van der Waals surface area contributed by atoms with Crippen LogP contribution >= 0.6 is 11.6 Å². The topological polar surface area (TPSA) is 75.4 Å². The summed E-state index contributed by atoms with van der Waals surface area (Å²) in [6.07, 6.45) is 5.49. The summed E-state index contributed by atoms with van der Waals surface area (Å²) in [4.78, 5) is 29.0. The molecule has 1 saturated heterocycles. The van der Waals surface area contributed by atoms with Gasteiger partial charge in [-0.15, -0.1) is 0 Å². The Morgan fingerprint density at radius 2 is 1.86 bits per heavy atom. The Balaban J connectivity index is 1.28. The summed E-state index contributed by atoms with van der Waals surface area (Å²) >= 11 is 6.72. The number of hydrogen-bond donors (Lipinski definition) is 1. The molecular formula is C33H33ClF2N6O. The molecule has 2 aliphatic heterocycles. The Labute approximate surface area is 254 Å². The molecule has 1 N–H and O–H groups in total. The van der Waals surface area contributed by atoms with Gasteiger partial charge in [0.15, 0.2) is 0 Å². The quantitative estimate of drug-likeness (QED) is 0.230. The number of aromatic nitrogens is 3. The van der Waals surface area contributed by atoms with Gasteiger partial charge in [-0.1, -0.05) is 29.8 Å². The average molecular weight is 603 g/mol. The number of fused-ring (bicyclic) bond motifs is 1. The average Bonchev–Trinajstić information content (AvgIpc) is 2.98. The number of aliphatic imine (C=N–C) groups is 1. The summed E-state index contributed by atoms with van der Waals surface area (Å²) in [5.41, 5.74) is 4.13. The maximum absolute atomic E-state index is 15.1. The largest absolute Gasteiger partial charge is 0.324 e. The number of nitrogens with zero attached hydrogens (tertiary/aromatic N) is 5. The Bertz CT molecular complexity index is 1830. The van der Waals surface area contributed by atoms with Crippen LogP contribution in [0.2, 0.25) is 5.02 Å². The van der Waals surface area contributed by atoms with Crippen molar-refractivity contribution < 1.29 is 8.78 Å². The lowest BCUT2D eigenvalue weighted by Gasteiger charge is -2.29. The lowest BCUT2D eigenvalue weighted by molar-refractivity contribution is 0.253. The van der Waals surface area contributed by atoms with Gasteiger partial charge in [0.25, 0.3) is 5.56 Å². The fourth-order valence-electron chi connectivity index (χ4n) is 6.11. The Kier molecular flexibility index (Phi) is 8.11. The number of benzene rings is 2. The van der Waals surface area contributed by atoms with E-state index in [-0.39, 0.29) is 29.2 Å². The monoisotopic (exact) mass is 602 g/mol. The molecule has 0 aliphatic carbocycles. The minimum absolute atomic E-state index is 0.0757. The Morgan fingerprint density at radius 1 is 1.07 bits per heavy atom. The van der Waals surface area contributed by atoms with Crippen molar-refractivity contribution in [3.63, 3.8) is 0 Å². The second kappa shape index (κ2) is 12.0. The van der Waals surface area contributed by atoms with E-state index >= 15 is 4.39 Å². The van der Waals surface area contributed by atoms with Gasteiger partial charge in [-0.25, -0.2) is 14.4 Å². The lowest BCUT2D eigenvalue weighted by atomic mass is 9.89. The van der Waals surface area contributed by atoms with E-state index in [0.29, 0.717) is 51.5 Å². The number of halogens is 3. The number of aryl methyl sites for hydroxylation is 1. The fourth-order valence-corrected chi connectivity index (χ4v) is 6.40. The molecular weight excluding hydrogens is 570 g/mol. The molecule has 43 heavy (non-hydrogen) atoms. The van der Waals surface area contributed by atoms with Crippen LogP contribution in [-0.4, -0.2) is 45.3 Å². The van der Waals surface area contributed by atoms with Crippen molar-refractivity contribution in [2.75, 3.05) is 25.5 Å². The van der Waals surface area contributed by atoms with E-state index in [9.17, 15) is 9.18 Å². The summed E-state index contributed by atoms with van der Waals surface area (Å²) < 4.78 is 30.2. The summed E-state index contributed by atoms with van der Waals surface area (Å²) in [5.74, 6) is -0.305. The van der Waals surface area contributed by atoms with E-state index in [4.69, 9.17) is 11.6 Å². The number of allylic oxidation sites excluding steroid dienone is 1. The third-order valence-electron chi connectivity index (χ3n) is 8.55. The van der Waals surface area contributed by atoms with Crippen LogP contribution in [0.25, 0.3) is 22.2 Å². The summed E-state index contributed by atoms with van der Waals surface area (Å²) in [6.45, 7) is 5.98. The van der Waals surface area contributed by atoms with Crippen molar-refractivity contribution >= 4 is 40.0 Å². The van der Waals surface area contributed by atoms with Gasteiger partial charge in [-0.3, -0.25) is 9.36 Å². The standard InChI is InChI=1S/C33H33ClF2N6O/c1-4-42-31-22(15-27(32(42)43)26-7-5-21(16-28(26)34)24-9-10-30(36)38-19(24)2)18-37-33(40-31)39-23-6-8-25(29(35)17-23)20-11-13-41(3)14-12-20/h5-8,10,15-18,20,24H,4,9,11-14H2,1-3H3,(H,37,39,40). The van der Waals surface area contributed by atoms with E-state index in [1.54, 1.807) is 23.8 Å². The maximum atomic E-state index is 15.1. The van der Waals surface area contributed by atoms with Gasteiger partial charge in [0.2, 0.25) is 11.9 Å². The number of rotatable bonds is 6. The molecule has 4 heterocycles. The second-order valence-corrected chi connectivity index (χ2v) is 11.7. The first-order valence-electron chi connectivity index (χ1n) is 14.6. The molecule has 0 amide bonds. The van der Waals surface area contributed by atoms with Gasteiger partial charge < -0.3 is 10.2 Å².